The molecular weight excluding hydrogens is 432 g/mol. The monoisotopic (exact) mass is 462 g/mol. The van der Waals surface area contributed by atoms with Gasteiger partial charge in [-0.15, -0.1) is 0 Å². The predicted molar refractivity (Wildman–Crippen MR) is 136 cm³/mol. The largest absolute Gasteiger partial charge is 0.493 e. The number of hydrogen-bond acceptors (Lipinski definition) is 3. The Hall–Kier alpha value is -2.98. The second kappa shape index (κ2) is 10.3. The molecule has 0 aliphatic heterocycles. The molecule has 4 aromatic rings. The van der Waals surface area contributed by atoms with E-state index in [2.05, 4.69) is 54.8 Å². The van der Waals surface area contributed by atoms with Crippen LogP contribution in [0.4, 0.5) is 0 Å². The quantitative estimate of drug-likeness (QED) is 0.240. The minimum atomic E-state index is -0.190. The summed E-state index contributed by atoms with van der Waals surface area (Å²) in [4.78, 5) is 4.90. The van der Waals surface area contributed by atoms with Gasteiger partial charge in [0.05, 0.1) is 17.6 Å². The van der Waals surface area contributed by atoms with Crippen molar-refractivity contribution >= 4 is 22.6 Å². The van der Waals surface area contributed by atoms with E-state index in [4.69, 9.17) is 26.1 Å². The lowest BCUT2D eigenvalue weighted by molar-refractivity contribution is 0.210. The Labute approximate surface area is 201 Å². The summed E-state index contributed by atoms with van der Waals surface area (Å²) in [7, 11) is 0. The maximum absolute atomic E-state index is 6.25. The van der Waals surface area contributed by atoms with E-state index >= 15 is 0 Å². The summed E-state index contributed by atoms with van der Waals surface area (Å²) in [6, 6.07) is 20.3. The minimum Gasteiger partial charge on any atom is -0.493 e. The Bertz CT molecular complexity index is 1250. The molecule has 0 fully saturated rings. The highest BCUT2D eigenvalue weighted by Gasteiger charge is 2.18. The fourth-order valence-electron chi connectivity index (χ4n) is 4.10. The highest BCUT2D eigenvalue weighted by atomic mass is 35.5. The van der Waals surface area contributed by atoms with E-state index < -0.39 is 0 Å². The lowest BCUT2D eigenvalue weighted by atomic mass is 10.1. The zero-order valence-corrected chi connectivity index (χ0v) is 20.5. The second-order valence-corrected chi connectivity index (χ2v) is 9.01. The van der Waals surface area contributed by atoms with Gasteiger partial charge < -0.3 is 14.0 Å². The van der Waals surface area contributed by atoms with Gasteiger partial charge in [-0.2, -0.15) is 0 Å². The summed E-state index contributed by atoms with van der Waals surface area (Å²) < 4.78 is 14.5. The van der Waals surface area contributed by atoms with Crippen molar-refractivity contribution in [3.63, 3.8) is 0 Å². The van der Waals surface area contributed by atoms with Gasteiger partial charge in [0.2, 0.25) is 0 Å². The molecule has 172 valence electrons. The van der Waals surface area contributed by atoms with Crippen LogP contribution in [-0.2, 0) is 6.54 Å². The number of benzene rings is 3. The third-order valence-electron chi connectivity index (χ3n) is 5.85. The van der Waals surface area contributed by atoms with Crippen LogP contribution in [0.5, 0.6) is 11.5 Å². The van der Waals surface area contributed by atoms with Crippen LogP contribution in [0.1, 0.15) is 48.4 Å². The maximum atomic E-state index is 6.25. The molecule has 1 unspecified atom stereocenters. The van der Waals surface area contributed by atoms with Gasteiger partial charge in [0, 0.05) is 11.6 Å². The average Bonchev–Trinajstić information content (AvgIpc) is 3.16. The maximum Gasteiger partial charge on any atom is 0.153 e. The van der Waals surface area contributed by atoms with Gasteiger partial charge in [0.25, 0.3) is 0 Å². The molecule has 3 aromatic carbocycles. The van der Waals surface area contributed by atoms with Gasteiger partial charge in [-0.1, -0.05) is 41.4 Å². The molecule has 0 spiro atoms. The lowest BCUT2D eigenvalue weighted by Crippen LogP contribution is -2.13. The molecule has 0 saturated carbocycles. The van der Waals surface area contributed by atoms with Crippen LogP contribution in [0.3, 0.4) is 0 Å². The number of ether oxygens (including phenoxy) is 2. The molecular formula is C28H31ClN2O2. The van der Waals surface area contributed by atoms with Crippen molar-refractivity contribution in [2.75, 3.05) is 6.61 Å². The molecule has 0 aliphatic carbocycles. The number of halogens is 1. The van der Waals surface area contributed by atoms with Crippen molar-refractivity contribution in [3.8, 4) is 11.5 Å². The molecule has 1 heterocycles. The van der Waals surface area contributed by atoms with Crippen LogP contribution >= 0.6 is 11.6 Å². The van der Waals surface area contributed by atoms with Crippen molar-refractivity contribution < 1.29 is 9.47 Å². The van der Waals surface area contributed by atoms with E-state index in [1.54, 1.807) is 0 Å². The molecule has 33 heavy (non-hydrogen) atoms. The van der Waals surface area contributed by atoms with Crippen LogP contribution in [0, 0.1) is 20.8 Å². The SMILES string of the molecule is Cc1ccc(OCCCCn2c(C(C)Oc3ccc(Cl)c(C)c3)nc3ccccc32)c(C)c1. The summed E-state index contributed by atoms with van der Waals surface area (Å²) in [6.45, 7) is 9.78. The standard InChI is InChI=1S/C28H31ClN2O2/c1-19-11-14-27(21(3)17-19)32-16-8-7-15-31-26-10-6-5-9-25(26)30-28(31)22(4)33-23-12-13-24(29)20(2)18-23/h5-6,9-14,17-18,22H,7-8,15-16H2,1-4H3. The zero-order valence-electron chi connectivity index (χ0n) is 19.8. The number of imidazole rings is 1. The molecule has 4 nitrogen and oxygen atoms in total. The number of aryl methyl sites for hydroxylation is 4. The van der Waals surface area contributed by atoms with Crippen molar-refractivity contribution in [3.05, 3.63) is 88.2 Å². The van der Waals surface area contributed by atoms with E-state index in [0.29, 0.717) is 6.61 Å². The highest BCUT2D eigenvalue weighted by molar-refractivity contribution is 6.31. The molecule has 0 radical (unpaired) electrons. The smallest absolute Gasteiger partial charge is 0.153 e. The summed E-state index contributed by atoms with van der Waals surface area (Å²) >= 11 is 6.17. The fraction of sp³-hybridized carbons (Fsp3) is 0.321. The van der Waals surface area contributed by atoms with Gasteiger partial charge in [-0.05, 0) is 88.1 Å². The normalized spacial score (nSPS) is 12.2. The van der Waals surface area contributed by atoms with E-state index in [-0.39, 0.29) is 6.10 Å². The van der Waals surface area contributed by atoms with Gasteiger partial charge in [-0.25, -0.2) is 4.98 Å². The Balaban J connectivity index is 1.43. The van der Waals surface area contributed by atoms with Crippen LogP contribution in [0.2, 0.25) is 5.02 Å². The van der Waals surface area contributed by atoms with Crippen molar-refractivity contribution in [2.45, 2.75) is 53.2 Å². The first kappa shape index (κ1) is 23.2. The number of aromatic nitrogens is 2. The third kappa shape index (κ3) is 5.51. The van der Waals surface area contributed by atoms with Crippen molar-refractivity contribution in [2.24, 2.45) is 0 Å². The van der Waals surface area contributed by atoms with Crippen molar-refractivity contribution in [1.29, 1.82) is 0 Å². The van der Waals surface area contributed by atoms with E-state index in [9.17, 15) is 0 Å². The van der Waals surface area contributed by atoms with E-state index in [1.807, 2.05) is 38.1 Å². The Morgan fingerprint density at radius 3 is 2.55 bits per heavy atom. The second-order valence-electron chi connectivity index (χ2n) is 8.61. The molecule has 0 aliphatic rings. The predicted octanol–water partition coefficient (Wildman–Crippen LogP) is 7.61. The third-order valence-corrected chi connectivity index (χ3v) is 6.28. The molecule has 0 saturated heterocycles. The molecule has 4 rings (SSSR count). The Morgan fingerprint density at radius 2 is 1.76 bits per heavy atom. The van der Waals surface area contributed by atoms with Crippen molar-refractivity contribution in [1.82, 2.24) is 9.55 Å². The van der Waals surface area contributed by atoms with E-state index in [0.717, 1.165) is 58.3 Å². The van der Waals surface area contributed by atoms with Gasteiger partial charge in [0.15, 0.2) is 11.9 Å². The first-order valence-corrected chi connectivity index (χ1v) is 11.9. The van der Waals surface area contributed by atoms with Crippen LogP contribution in [-0.4, -0.2) is 16.2 Å². The minimum absolute atomic E-state index is 0.190. The summed E-state index contributed by atoms with van der Waals surface area (Å²) in [5.41, 5.74) is 5.55. The Kier molecular flexibility index (Phi) is 7.24. The Morgan fingerprint density at radius 1 is 0.939 bits per heavy atom. The first-order chi connectivity index (χ1) is 15.9. The molecule has 1 aromatic heterocycles. The molecule has 5 heteroatoms. The topological polar surface area (TPSA) is 36.3 Å². The zero-order chi connectivity index (χ0) is 23.4. The fourth-order valence-corrected chi connectivity index (χ4v) is 4.22. The average molecular weight is 463 g/mol. The lowest BCUT2D eigenvalue weighted by Gasteiger charge is -2.17. The summed E-state index contributed by atoms with van der Waals surface area (Å²) in [6.07, 6.45) is 1.76. The number of rotatable bonds is 9. The van der Waals surface area contributed by atoms with Gasteiger partial charge >= 0.3 is 0 Å². The summed E-state index contributed by atoms with van der Waals surface area (Å²) in [5, 5.41) is 0.741. The number of hydrogen-bond donors (Lipinski definition) is 0. The van der Waals surface area contributed by atoms with Crippen LogP contribution in [0.15, 0.2) is 60.7 Å². The summed E-state index contributed by atoms with van der Waals surface area (Å²) in [5.74, 6) is 2.69. The van der Waals surface area contributed by atoms with E-state index in [1.165, 1.54) is 11.1 Å². The number of para-hydroxylation sites is 2. The van der Waals surface area contributed by atoms with Crippen LogP contribution in [0.25, 0.3) is 11.0 Å². The molecule has 1 atom stereocenters. The van der Waals surface area contributed by atoms with Gasteiger partial charge in [-0.3, -0.25) is 0 Å². The molecule has 0 bridgehead atoms. The highest BCUT2D eigenvalue weighted by Crippen LogP contribution is 2.28. The first-order valence-electron chi connectivity index (χ1n) is 11.5. The molecule has 0 N–H and O–H groups in total. The number of fused-ring (bicyclic) bond motifs is 1. The number of nitrogens with zero attached hydrogens (tertiary/aromatic N) is 2. The molecule has 0 amide bonds. The van der Waals surface area contributed by atoms with Gasteiger partial charge in [0.1, 0.15) is 11.5 Å². The number of unbranched alkanes of at least 4 members (excludes halogenated alkanes) is 1. The van der Waals surface area contributed by atoms with Crippen LogP contribution < -0.4 is 9.47 Å².